The average Bonchev–Trinajstić information content (AvgIpc) is 2.80. The van der Waals surface area contributed by atoms with Crippen molar-refractivity contribution in [2.45, 2.75) is 19.9 Å². The number of rotatable bonds is 7. The van der Waals surface area contributed by atoms with Crippen LogP contribution in [0.25, 0.3) is 16.7 Å². The molecule has 170 valence electrons. The summed E-state index contributed by atoms with van der Waals surface area (Å²) in [5, 5.41) is 3.07. The molecule has 0 saturated heterocycles. The van der Waals surface area contributed by atoms with Crippen molar-refractivity contribution < 1.29 is 18.5 Å². The van der Waals surface area contributed by atoms with Crippen LogP contribution in [0.5, 0.6) is 0 Å². The number of carbonyl (C=O) groups is 1. The molecule has 1 amide bonds. The number of aryl methyl sites for hydroxylation is 1. The van der Waals surface area contributed by atoms with E-state index in [1.807, 2.05) is 13.0 Å². The Labute approximate surface area is 189 Å². The molecule has 9 heteroatoms. The number of nitrogens with one attached hydrogen (secondary N) is 1. The minimum Gasteiger partial charge on any atom is -0.385 e. The van der Waals surface area contributed by atoms with Crippen LogP contribution in [-0.4, -0.2) is 35.6 Å². The third kappa shape index (κ3) is 4.40. The fourth-order valence-electron chi connectivity index (χ4n) is 3.74. The van der Waals surface area contributed by atoms with E-state index in [1.54, 1.807) is 36.1 Å². The van der Waals surface area contributed by atoms with E-state index in [4.69, 9.17) is 15.5 Å². The van der Waals surface area contributed by atoms with Crippen molar-refractivity contribution >= 4 is 28.4 Å². The van der Waals surface area contributed by atoms with Crippen LogP contribution in [0, 0.1) is 12.7 Å². The van der Waals surface area contributed by atoms with Gasteiger partial charge in [-0.25, -0.2) is 8.96 Å². The smallest absolute Gasteiger partial charge is 0.278 e. The first-order valence-corrected chi connectivity index (χ1v) is 10.6. The van der Waals surface area contributed by atoms with Crippen molar-refractivity contribution in [1.82, 2.24) is 14.7 Å². The van der Waals surface area contributed by atoms with Crippen LogP contribution < -0.4 is 21.2 Å². The van der Waals surface area contributed by atoms with Gasteiger partial charge in [0.25, 0.3) is 17.1 Å². The predicted molar refractivity (Wildman–Crippen MR) is 123 cm³/mol. The molecule has 0 bridgehead atoms. The molecule has 3 aromatic heterocycles. The summed E-state index contributed by atoms with van der Waals surface area (Å²) in [5.74, 6) is -0.586. The lowest BCUT2D eigenvalue weighted by Gasteiger charge is -2.13. The molecular formula is C24H25FN5O3+. The minimum absolute atomic E-state index is 0.168. The zero-order chi connectivity index (χ0) is 23.5. The summed E-state index contributed by atoms with van der Waals surface area (Å²) in [6.45, 7) is 2.98. The van der Waals surface area contributed by atoms with Crippen molar-refractivity contribution in [2.75, 3.05) is 26.0 Å². The second-order valence-electron chi connectivity index (χ2n) is 7.80. The van der Waals surface area contributed by atoms with E-state index in [1.165, 1.54) is 22.6 Å². The number of benzene rings is 1. The molecule has 3 N–H and O–H groups in total. The summed E-state index contributed by atoms with van der Waals surface area (Å²) < 4.78 is 21.5. The van der Waals surface area contributed by atoms with Gasteiger partial charge in [-0.3, -0.25) is 14.0 Å². The molecule has 0 unspecified atom stereocenters. The number of hydrogen-bond acceptors (Lipinski definition) is 5. The Hall–Kier alpha value is -3.85. The van der Waals surface area contributed by atoms with Gasteiger partial charge in [0.15, 0.2) is 0 Å². The summed E-state index contributed by atoms with van der Waals surface area (Å²) in [4.78, 5) is 31.0. The van der Waals surface area contributed by atoms with Crippen LogP contribution in [0.1, 0.15) is 27.9 Å². The number of halogens is 1. The number of amides is 1. The van der Waals surface area contributed by atoms with Gasteiger partial charge in [0.2, 0.25) is 11.5 Å². The number of hydrogen-bond donors (Lipinski definition) is 2. The maximum absolute atomic E-state index is 13.4. The first-order chi connectivity index (χ1) is 15.9. The Morgan fingerprint density at radius 1 is 1.27 bits per heavy atom. The van der Waals surface area contributed by atoms with Crippen LogP contribution in [0.3, 0.4) is 0 Å². The van der Waals surface area contributed by atoms with Crippen LogP contribution in [0.15, 0.2) is 53.5 Å². The van der Waals surface area contributed by atoms with Crippen molar-refractivity contribution in [3.05, 3.63) is 81.5 Å². The second kappa shape index (κ2) is 9.33. The topological polar surface area (TPSA) is 103 Å². The van der Waals surface area contributed by atoms with Crippen molar-refractivity contribution in [3.63, 3.8) is 0 Å². The average molecular weight is 450 g/mol. The van der Waals surface area contributed by atoms with Crippen molar-refractivity contribution in [3.8, 4) is 0 Å². The third-order valence-corrected chi connectivity index (χ3v) is 5.48. The highest BCUT2D eigenvalue weighted by Gasteiger charge is 2.25. The maximum Gasteiger partial charge on any atom is 0.278 e. The molecule has 0 aliphatic heterocycles. The standard InChI is InChI=1S/C24H24FN5O3/c1-15-5-3-11-29-21(15)28-22-19(24(29)32)13-18(23(31)27-10-4-12-33-2)20(26)30(22)14-16-6-8-17(25)9-7-16/h3,5-9,11,13,26H,4,10,12,14H2,1-2H3,(H,27,31)/p+1. The second-order valence-corrected chi connectivity index (χ2v) is 7.80. The van der Waals surface area contributed by atoms with Gasteiger partial charge in [0.1, 0.15) is 16.8 Å². The minimum atomic E-state index is -0.396. The van der Waals surface area contributed by atoms with Crippen LogP contribution in [-0.2, 0) is 11.3 Å². The molecule has 4 rings (SSSR count). The summed E-state index contributed by atoms with van der Waals surface area (Å²) in [5.41, 5.74) is 8.74. The van der Waals surface area contributed by atoms with E-state index in [9.17, 15) is 14.0 Å². The zero-order valence-electron chi connectivity index (χ0n) is 18.5. The normalized spacial score (nSPS) is 11.2. The Balaban J connectivity index is 1.92. The van der Waals surface area contributed by atoms with Gasteiger partial charge < -0.3 is 15.8 Å². The molecule has 4 aromatic rings. The molecule has 3 heterocycles. The lowest BCUT2D eigenvalue weighted by atomic mass is 10.1. The fourth-order valence-corrected chi connectivity index (χ4v) is 3.74. The highest BCUT2D eigenvalue weighted by Crippen LogP contribution is 2.17. The van der Waals surface area contributed by atoms with Crippen LogP contribution in [0.4, 0.5) is 10.2 Å². The van der Waals surface area contributed by atoms with E-state index in [0.29, 0.717) is 30.9 Å². The zero-order valence-corrected chi connectivity index (χ0v) is 18.5. The first-order valence-electron chi connectivity index (χ1n) is 10.6. The van der Waals surface area contributed by atoms with E-state index in [-0.39, 0.29) is 34.7 Å². The molecule has 0 aliphatic rings. The van der Waals surface area contributed by atoms with Gasteiger partial charge in [0.05, 0.1) is 6.54 Å². The highest BCUT2D eigenvalue weighted by molar-refractivity contribution is 6.00. The quantitative estimate of drug-likeness (QED) is 0.255. The van der Waals surface area contributed by atoms with Gasteiger partial charge in [-0.2, -0.15) is 0 Å². The number of anilines is 1. The fraction of sp³-hybridized carbons (Fsp3) is 0.250. The van der Waals surface area contributed by atoms with Gasteiger partial charge in [0, 0.05) is 32.0 Å². The Morgan fingerprint density at radius 2 is 2.03 bits per heavy atom. The highest BCUT2D eigenvalue weighted by atomic mass is 19.1. The van der Waals surface area contributed by atoms with E-state index in [0.717, 1.165) is 11.1 Å². The number of carbonyl (C=O) groups excluding carboxylic acids is 1. The van der Waals surface area contributed by atoms with Crippen LogP contribution >= 0.6 is 0 Å². The van der Waals surface area contributed by atoms with Crippen molar-refractivity contribution in [2.24, 2.45) is 0 Å². The van der Waals surface area contributed by atoms with Gasteiger partial charge in [-0.05, 0) is 43.2 Å². The number of pyridine rings is 2. The van der Waals surface area contributed by atoms with Gasteiger partial charge >= 0.3 is 0 Å². The molecule has 33 heavy (non-hydrogen) atoms. The number of methoxy groups -OCH3 is 1. The Morgan fingerprint density at radius 3 is 2.76 bits per heavy atom. The van der Waals surface area contributed by atoms with Crippen molar-refractivity contribution in [1.29, 1.82) is 0 Å². The van der Waals surface area contributed by atoms with Crippen LogP contribution in [0.2, 0.25) is 0 Å². The molecule has 8 nitrogen and oxygen atoms in total. The number of nitrogens with two attached hydrogens (primary N) is 1. The number of fused-ring (bicyclic) bond motifs is 2. The first kappa shape index (κ1) is 22.3. The van der Waals surface area contributed by atoms with E-state index < -0.39 is 5.91 Å². The number of ether oxygens (including phenoxy) is 1. The lowest BCUT2D eigenvalue weighted by molar-refractivity contribution is -0.649. The Bertz CT molecular complexity index is 1400. The van der Waals surface area contributed by atoms with Gasteiger partial charge in [-0.1, -0.05) is 23.2 Å². The summed E-state index contributed by atoms with van der Waals surface area (Å²) in [6.07, 6.45) is 2.28. The molecule has 0 fully saturated rings. The number of aromatic nitrogens is 3. The van der Waals surface area contributed by atoms with E-state index in [2.05, 4.69) is 5.32 Å². The monoisotopic (exact) mass is 450 g/mol. The molecule has 0 radical (unpaired) electrons. The summed E-state index contributed by atoms with van der Waals surface area (Å²) >= 11 is 0. The van der Waals surface area contributed by atoms with Gasteiger partial charge in [-0.15, -0.1) is 0 Å². The Kier molecular flexibility index (Phi) is 6.32. The maximum atomic E-state index is 13.4. The van der Waals surface area contributed by atoms with E-state index >= 15 is 0 Å². The lowest BCUT2D eigenvalue weighted by Crippen LogP contribution is -2.43. The summed E-state index contributed by atoms with van der Waals surface area (Å²) in [7, 11) is 1.59. The SMILES string of the molecule is COCCCNC(=O)c1cc2c(=O)n3cccc(C)c3nc2[n+](Cc2ccc(F)cc2)c1N. The number of nitrogen functional groups attached to an aromatic ring is 1. The molecule has 0 saturated carbocycles. The largest absolute Gasteiger partial charge is 0.385 e. The summed E-state index contributed by atoms with van der Waals surface area (Å²) in [6, 6.07) is 11.1. The molecular weight excluding hydrogens is 425 g/mol. The molecule has 0 spiro atoms. The molecule has 1 aromatic carbocycles. The third-order valence-electron chi connectivity index (χ3n) is 5.48. The predicted octanol–water partition coefficient (Wildman–Crippen LogP) is 1.98. The molecule has 0 atom stereocenters. The molecule has 0 aliphatic carbocycles. The number of nitrogens with zero attached hydrogens (tertiary/aromatic N) is 3.